The lowest BCUT2D eigenvalue weighted by Crippen LogP contribution is -2.53. The van der Waals surface area contributed by atoms with Crippen LogP contribution in [0, 0.1) is 0 Å². The van der Waals surface area contributed by atoms with E-state index in [1.54, 1.807) is 18.9 Å². The number of esters is 1. The quantitative estimate of drug-likeness (QED) is 0.694. The molecule has 26 heavy (non-hydrogen) atoms. The molecule has 0 bridgehead atoms. The summed E-state index contributed by atoms with van der Waals surface area (Å²) in [7, 11) is 1.56. The first-order chi connectivity index (χ1) is 12.4. The molecule has 0 unspecified atom stereocenters. The van der Waals surface area contributed by atoms with Gasteiger partial charge in [0.25, 0.3) is 5.56 Å². The number of fused-ring (bicyclic) bond motifs is 2. The van der Waals surface area contributed by atoms with Gasteiger partial charge in [-0.1, -0.05) is 0 Å². The standard InChI is InChI=1S/C16H22N4O6/c1-3-25-13(23)10-11(21)12(22)20-8-9-26-16(14(20)18-10)4-6-19(7-5-16)15(24)17-2/h21H,3-9H2,1-2H3,(H,17,24). The first-order valence-corrected chi connectivity index (χ1v) is 8.55. The van der Waals surface area contributed by atoms with Gasteiger partial charge in [0.1, 0.15) is 11.4 Å². The number of nitrogens with one attached hydrogen (secondary N) is 1. The number of amides is 2. The van der Waals surface area contributed by atoms with E-state index in [1.807, 2.05) is 0 Å². The number of carbonyl (C=O) groups is 2. The third-order valence-corrected chi connectivity index (χ3v) is 4.79. The third kappa shape index (κ3) is 2.90. The van der Waals surface area contributed by atoms with Crippen LogP contribution in [-0.4, -0.2) is 64.9 Å². The number of aromatic hydroxyl groups is 1. The van der Waals surface area contributed by atoms with Crippen molar-refractivity contribution >= 4 is 12.0 Å². The average molecular weight is 366 g/mol. The van der Waals surface area contributed by atoms with E-state index in [9.17, 15) is 19.5 Å². The SMILES string of the molecule is CCOC(=O)c1nc2n(c(=O)c1O)CCOC21CCN(C(=O)NC)CC1. The zero-order valence-corrected chi connectivity index (χ0v) is 14.8. The molecule has 1 fully saturated rings. The molecular formula is C16H22N4O6. The molecule has 1 saturated heterocycles. The Kier molecular flexibility index (Phi) is 4.86. The highest BCUT2D eigenvalue weighted by atomic mass is 16.5. The van der Waals surface area contributed by atoms with Crippen molar-refractivity contribution in [2.24, 2.45) is 0 Å². The minimum atomic E-state index is -0.878. The van der Waals surface area contributed by atoms with Crippen molar-refractivity contribution in [1.82, 2.24) is 19.8 Å². The van der Waals surface area contributed by atoms with Crippen LogP contribution < -0.4 is 10.9 Å². The second-order valence-corrected chi connectivity index (χ2v) is 6.19. The fourth-order valence-corrected chi connectivity index (χ4v) is 3.44. The van der Waals surface area contributed by atoms with Gasteiger partial charge in [0.15, 0.2) is 5.69 Å². The zero-order chi connectivity index (χ0) is 18.9. The van der Waals surface area contributed by atoms with Gasteiger partial charge in [0, 0.05) is 33.0 Å². The first kappa shape index (κ1) is 18.2. The van der Waals surface area contributed by atoms with Crippen molar-refractivity contribution < 1.29 is 24.2 Å². The average Bonchev–Trinajstić information content (AvgIpc) is 2.65. The number of urea groups is 1. The van der Waals surface area contributed by atoms with E-state index in [2.05, 4.69) is 10.3 Å². The van der Waals surface area contributed by atoms with Crippen LogP contribution in [0.4, 0.5) is 4.79 Å². The smallest absolute Gasteiger partial charge is 0.361 e. The number of hydrogen-bond donors (Lipinski definition) is 2. The van der Waals surface area contributed by atoms with Crippen molar-refractivity contribution in [2.45, 2.75) is 31.9 Å². The minimum Gasteiger partial charge on any atom is -0.501 e. The molecule has 2 N–H and O–H groups in total. The molecule has 1 aromatic heterocycles. The monoisotopic (exact) mass is 366 g/mol. The van der Waals surface area contributed by atoms with E-state index < -0.39 is 28.6 Å². The molecule has 10 nitrogen and oxygen atoms in total. The Labute approximate surface area is 149 Å². The Morgan fingerprint density at radius 2 is 2.04 bits per heavy atom. The summed E-state index contributed by atoms with van der Waals surface area (Å²) in [5.74, 6) is -1.27. The van der Waals surface area contributed by atoms with Crippen molar-refractivity contribution in [3.63, 3.8) is 0 Å². The lowest BCUT2D eigenvalue weighted by molar-refractivity contribution is -0.112. The number of piperidine rings is 1. The maximum absolute atomic E-state index is 12.5. The summed E-state index contributed by atoms with van der Waals surface area (Å²) < 4.78 is 12.2. The summed E-state index contributed by atoms with van der Waals surface area (Å²) in [5.41, 5.74) is -1.96. The maximum atomic E-state index is 12.5. The van der Waals surface area contributed by atoms with E-state index >= 15 is 0 Å². The van der Waals surface area contributed by atoms with Gasteiger partial charge in [-0.25, -0.2) is 14.6 Å². The van der Waals surface area contributed by atoms with Crippen LogP contribution in [-0.2, 0) is 21.6 Å². The molecule has 1 spiro atoms. The van der Waals surface area contributed by atoms with E-state index in [1.165, 1.54) is 4.57 Å². The molecule has 142 valence electrons. The van der Waals surface area contributed by atoms with E-state index in [0.29, 0.717) is 31.8 Å². The number of rotatable bonds is 2. The number of hydrogen-bond acceptors (Lipinski definition) is 7. The van der Waals surface area contributed by atoms with E-state index in [0.717, 1.165) is 0 Å². The molecule has 0 saturated carbocycles. The van der Waals surface area contributed by atoms with Gasteiger partial charge in [-0.3, -0.25) is 9.36 Å². The lowest BCUT2D eigenvalue weighted by Gasteiger charge is -2.43. The molecule has 10 heteroatoms. The van der Waals surface area contributed by atoms with Crippen LogP contribution in [0.2, 0.25) is 0 Å². The second-order valence-electron chi connectivity index (χ2n) is 6.19. The Morgan fingerprint density at radius 3 is 2.65 bits per heavy atom. The van der Waals surface area contributed by atoms with Gasteiger partial charge in [-0.15, -0.1) is 0 Å². The molecule has 0 aliphatic carbocycles. The topological polar surface area (TPSA) is 123 Å². The largest absolute Gasteiger partial charge is 0.501 e. The maximum Gasteiger partial charge on any atom is 0.361 e. The number of aromatic nitrogens is 2. The Balaban J connectivity index is 2.00. The van der Waals surface area contributed by atoms with Gasteiger partial charge >= 0.3 is 12.0 Å². The molecule has 0 atom stereocenters. The number of ether oxygens (including phenoxy) is 2. The van der Waals surface area contributed by atoms with Crippen molar-refractivity contribution in [3.8, 4) is 5.75 Å². The molecule has 2 aliphatic heterocycles. The van der Waals surface area contributed by atoms with E-state index in [-0.39, 0.29) is 25.8 Å². The lowest BCUT2D eigenvalue weighted by atomic mass is 9.89. The Morgan fingerprint density at radius 1 is 1.35 bits per heavy atom. The van der Waals surface area contributed by atoms with Crippen LogP contribution in [0.5, 0.6) is 5.75 Å². The Hall–Kier alpha value is -2.62. The van der Waals surface area contributed by atoms with Gasteiger partial charge in [0.05, 0.1) is 19.8 Å². The summed E-state index contributed by atoms with van der Waals surface area (Å²) >= 11 is 0. The number of likely N-dealkylation sites (tertiary alicyclic amines) is 1. The fourth-order valence-electron chi connectivity index (χ4n) is 3.44. The predicted molar refractivity (Wildman–Crippen MR) is 89.0 cm³/mol. The van der Waals surface area contributed by atoms with Crippen LogP contribution in [0.15, 0.2) is 4.79 Å². The fraction of sp³-hybridized carbons (Fsp3) is 0.625. The molecule has 3 rings (SSSR count). The van der Waals surface area contributed by atoms with Crippen molar-refractivity contribution in [3.05, 3.63) is 21.9 Å². The predicted octanol–water partition coefficient (Wildman–Crippen LogP) is -0.214. The summed E-state index contributed by atoms with van der Waals surface area (Å²) in [5, 5.41) is 12.7. The van der Waals surface area contributed by atoms with Crippen LogP contribution >= 0.6 is 0 Å². The highest BCUT2D eigenvalue weighted by Gasteiger charge is 2.45. The summed E-state index contributed by atoms with van der Waals surface area (Å²) in [6, 6.07) is -0.182. The highest BCUT2D eigenvalue weighted by Crippen LogP contribution is 2.38. The molecular weight excluding hydrogens is 344 g/mol. The third-order valence-electron chi connectivity index (χ3n) is 4.79. The Bertz CT molecular complexity index is 782. The first-order valence-electron chi connectivity index (χ1n) is 8.55. The van der Waals surface area contributed by atoms with Gasteiger partial charge < -0.3 is 24.8 Å². The van der Waals surface area contributed by atoms with Crippen LogP contribution in [0.25, 0.3) is 0 Å². The second kappa shape index (κ2) is 6.94. The van der Waals surface area contributed by atoms with E-state index in [4.69, 9.17) is 9.47 Å². The molecule has 0 radical (unpaired) electrons. The number of nitrogens with zero attached hydrogens (tertiary/aromatic N) is 3. The minimum absolute atomic E-state index is 0.0983. The molecule has 2 amide bonds. The summed E-state index contributed by atoms with van der Waals surface area (Å²) in [6.45, 7) is 3.09. The van der Waals surface area contributed by atoms with Crippen LogP contribution in [0.3, 0.4) is 0 Å². The highest BCUT2D eigenvalue weighted by molar-refractivity contribution is 5.90. The summed E-state index contributed by atoms with van der Waals surface area (Å²) in [4.78, 5) is 42.3. The van der Waals surface area contributed by atoms with Gasteiger partial charge in [-0.05, 0) is 6.92 Å². The summed E-state index contributed by atoms with van der Waals surface area (Å²) in [6.07, 6.45) is 0.861. The van der Waals surface area contributed by atoms with Crippen molar-refractivity contribution in [2.75, 3.05) is 33.4 Å². The molecule has 1 aromatic rings. The number of carbonyl (C=O) groups excluding carboxylic acids is 2. The normalized spacial score (nSPS) is 18.3. The van der Waals surface area contributed by atoms with Crippen molar-refractivity contribution in [1.29, 1.82) is 0 Å². The van der Waals surface area contributed by atoms with Gasteiger partial charge in [0.2, 0.25) is 5.75 Å². The zero-order valence-electron chi connectivity index (χ0n) is 14.8. The molecule has 0 aromatic carbocycles. The van der Waals surface area contributed by atoms with Crippen LogP contribution in [0.1, 0.15) is 36.1 Å². The molecule has 3 heterocycles. The van der Waals surface area contributed by atoms with Gasteiger partial charge in [-0.2, -0.15) is 0 Å². The molecule has 2 aliphatic rings.